The van der Waals surface area contributed by atoms with Gasteiger partial charge in [-0.2, -0.15) is 23.4 Å². The summed E-state index contributed by atoms with van der Waals surface area (Å²) >= 11 is 5.91. The zero-order valence-electron chi connectivity index (χ0n) is 15.0. The van der Waals surface area contributed by atoms with E-state index in [-0.39, 0.29) is 29.0 Å². The number of nitrogens with zero attached hydrogens (tertiary/aromatic N) is 5. The van der Waals surface area contributed by atoms with Crippen LogP contribution >= 0.6 is 11.6 Å². The predicted molar refractivity (Wildman–Crippen MR) is 100 cm³/mol. The van der Waals surface area contributed by atoms with Crippen molar-refractivity contribution < 1.29 is 13.2 Å². The highest BCUT2D eigenvalue weighted by molar-refractivity contribution is 6.30. The van der Waals surface area contributed by atoms with Crippen LogP contribution in [-0.4, -0.2) is 24.5 Å². The molecule has 0 fully saturated rings. The lowest BCUT2D eigenvalue weighted by atomic mass is 10.1. The molecule has 4 aromatic rings. The summed E-state index contributed by atoms with van der Waals surface area (Å²) in [4.78, 5) is 4.47. The van der Waals surface area contributed by atoms with E-state index in [2.05, 4.69) is 15.2 Å². The molecular weight excluding hydrogens is 391 g/mol. The molecule has 0 amide bonds. The van der Waals surface area contributed by atoms with Gasteiger partial charge in [0.15, 0.2) is 5.65 Å². The van der Waals surface area contributed by atoms with Crippen molar-refractivity contribution in [3.63, 3.8) is 0 Å². The fourth-order valence-electron chi connectivity index (χ4n) is 3.13. The minimum absolute atomic E-state index is 0.00106. The number of fused-ring (bicyclic) bond motifs is 1. The Morgan fingerprint density at radius 3 is 2.36 bits per heavy atom. The third kappa shape index (κ3) is 3.35. The van der Waals surface area contributed by atoms with Crippen LogP contribution in [-0.2, 0) is 19.8 Å². The van der Waals surface area contributed by atoms with E-state index in [1.807, 2.05) is 0 Å². The third-order valence-electron chi connectivity index (χ3n) is 4.40. The van der Waals surface area contributed by atoms with Gasteiger partial charge in [-0.15, -0.1) is 0 Å². The van der Waals surface area contributed by atoms with E-state index >= 15 is 0 Å². The number of alkyl halides is 3. The molecule has 0 bridgehead atoms. The summed E-state index contributed by atoms with van der Waals surface area (Å²) in [7, 11) is 1.70. The van der Waals surface area contributed by atoms with Gasteiger partial charge in [0.2, 0.25) is 0 Å². The van der Waals surface area contributed by atoms with E-state index in [9.17, 15) is 13.2 Å². The van der Waals surface area contributed by atoms with Crippen LogP contribution in [0.5, 0.6) is 0 Å². The molecule has 9 heteroatoms. The Kier molecular flexibility index (Phi) is 4.38. The van der Waals surface area contributed by atoms with Gasteiger partial charge in [0.1, 0.15) is 5.69 Å². The molecule has 0 saturated heterocycles. The third-order valence-corrected chi connectivity index (χ3v) is 4.66. The predicted octanol–water partition coefficient (Wildman–Crippen LogP) is 4.86. The van der Waals surface area contributed by atoms with Gasteiger partial charge in [-0.25, -0.2) is 9.67 Å². The van der Waals surface area contributed by atoms with E-state index < -0.39 is 11.7 Å². The molecule has 0 spiro atoms. The van der Waals surface area contributed by atoms with Crippen molar-refractivity contribution in [1.82, 2.24) is 24.5 Å². The molecule has 3 heterocycles. The molecule has 0 aliphatic rings. The van der Waals surface area contributed by atoms with Crippen molar-refractivity contribution in [3.05, 3.63) is 64.4 Å². The summed E-state index contributed by atoms with van der Waals surface area (Å²) in [5.41, 5.74) is 1.05. The maximum absolute atomic E-state index is 13.8. The average Bonchev–Trinajstić information content (AvgIpc) is 3.19. The highest BCUT2D eigenvalue weighted by Crippen LogP contribution is 2.38. The zero-order chi connectivity index (χ0) is 20.1. The van der Waals surface area contributed by atoms with Crippen LogP contribution in [0.1, 0.15) is 16.8 Å². The van der Waals surface area contributed by atoms with E-state index in [0.717, 1.165) is 11.6 Å². The van der Waals surface area contributed by atoms with Crippen LogP contribution in [0.4, 0.5) is 13.2 Å². The Bertz CT molecular complexity index is 1160. The number of benzene rings is 1. The van der Waals surface area contributed by atoms with Crippen molar-refractivity contribution in [2.45, 2.75) is 19.6 Å². The Balaban J connectivity index is 1.93. The summed E-state index contributed by atoms with van der Waals surface area (Å²) in [5.74, 6) is 0. The first-order chi connectivity index (χ1) is 13.2. The lowest BCUT2D eigenvalue weighted by Gasteiger charge is -2.11. The summed E-state index contributed by atoms with van der Waals surface area (Å²) in [6.07, 6.45) is -2.88. The molecular formula is C19H15ClF3N5. The molecule has 0 unspecified atom stereocenters. The second kappa shape index (κ2) is 6.63. The van der Waals surface area contributed by atoms with Crippen molar-refractivity contribution in [3.8, 4) is 11.4 Å². The first kappa shape index (κ1) is 18.5. The number of pyridine rings is 1. The van der Waals surface area contributed by atoms with Crippen LogP contribution in [0.3, 0.4) is 0 Å². The molecule has 144 valence electrons. The van der Waals surface area contributed by atoms with E-state index in [0.29, 0.717) is 10.7 Å². The van der Waals surface area contributed by atoms with Gasteiger partial charge < -0.3 is 0 Å². The number of hydrogen-bond acceptors (Lipinski definition) is 3. The lowest BCUT2D eigenvalue weighted by molar-refractivity contribution is -0.136. The van der Waals surface area contributed by atoms with Crippen molar-refractivity contribution in [2.24, 2.45) is 7.05 Å². The minimum Gasteiger partial charge on any atom is -0.275 e. The van der Waals surface area contributed by atoms with Gasteiger partial charge in [0.25, 0.3) is 0 Å². The quantitative estimate of drug-likeness (QED) is 0.489. The molecule has 3 aromatic heterocycles. The number of aryl methyl sites for hydroxylation is 2. The SMILES string of the molecule is Cc1nn(Cc2ccc(Cl)cc2)c2nc(-c3ccn(C)n3)cc(C(F)(F)F)c12. The number of rotatable bonds is 3. The van der Waals surface area contributed by atoms with Crippen LogP contribution < -0.4 is 0 Å². The molecule has 0 aliphatic heterocycles. The molecule has 0 radical (unpaired) electrons. The molecule has 0 aliphatic carbocycles. The molecule has 4 rings (SSSR count). The second-order valence-electron chi connectivity index (χ2n) is 6.50. The summed E-state index contributed by atoms with van der Waals surface area (Å²) < 4.78 is 44.3. The minimum atomic E-state index is -4.54. The second-order valence-corrected chi connectivity index (χ2v) is 6.93. The smallest absolute Gasteiger partial charge is 0.275 e. The first-order valence-corrected chi connectivity index (χ1v) is 8.80. The molecule has 0 saturated carbocycles. The van der Waals surface area contributed by atoms with Gasteiger partial charge in [-0.05, 0) is 36.8 Å². The van der Waals surface area contributed by atoms with Crippen molar-refractivity contribution in [2.75, 3.05) is 0 Å². The number of halogens is 4. The van der Waals surface area contributed by atoms with Crippen molar-refractivity contribution in [1.29, 1.82) is 0 Å². The lowest BCUT2D eigenvalue weighted by Crippen LogP contribution is -2.08. The molecule has 1 aromatic carbocycles. The maximum Gasteiger partial charge on any atom is 0.417 e. The van der Waals surface area contributed by atoms with Gasteiger partial charge in [-0.1, -0.05) is 23.7 Å². The highest BCUT2D eigenvalue weighted by Gasteiger charge is 2.36. The first-order valence-electron chi connectivity index (χ1n) is 8.42. The molecule has 0 N–H and O–H groups in total. The standard InChI is InChI=1S/C19H15ClF3N5/c1-11-17-14(19(21,22)23)9-16(15-7-8-27(2)26-15)24-18(17)28(25-11)10-12-3-5-13(20)6-4-12/h3-9H,10H2,1-2H3. The van der Waals surface area contributed by atoms with Crippen LogP contribution in [0.15, 0.2) is 42.6 Å². The van der Waals surface area contributed by atoms with Crippen LogP contribution in [0.2, 0.25) is 5.02 Å². The normalized spacial score (nSPS) is 12.1. The summed E-state index contributed by atoms with van der Waals surface area (Å²) in [6.45, 7) is 1.83. The van der Waals surface area contributed by atoms with E-state index in [4.69, 9.17) is 11.6 Å². The van der Waals surface area contributed by atoms with E-state index in [1.54, 1.807) is 50.5 Å². The van der Waals surface area contributed by atoms with E-state index in [1.165, 1.54) is 9.36 Å². The number of hydrogen-bond donors (Lipinski definition) is 0. The Morgan fingerprint density at radius 2 is 1.75 bits per heavy atom. The van der Waals surface area contributed by atoms with Gasteiger partial charge in [-0.3, -0.25) is 4.68 Å². The largest absolute Gasteiger partial charge is 0.417 e. The molecule has 5 nitrogen and oxygen atoms in total. The van der Waals surface area contributed by atoms with Gasteiger partial charge >= 0.3 is 6.18 Å². The highest BCUT2D eigenvalue weighted by atomic mass is 35.5. The Labute approximate surface area is 163 Å². The number of aromatic nitrogens is 5. The topological polar surface area (TPSA) is 48.5 Å². The Hall–Kier alpha value is -2.87. The van der Waals surface area contributed by atoms with Crippen LogP contribution in [0, 0.1) is 6.92 Å². The fourth-order valence-corrected chi connectivity index (χ4v) is 3.26. The van der Waals surface area contributed by atoms with Gasteiger partial charge in [0.05, 0.1) is 28.9 Å². The fraction of sp³-hybridized carbons (Fsp3) is 0.211. The zero-order valence-corrected chi connectivity index (χ0v) is 15.8. The molecule has 28 heavy (non-hydrogen) atoms. The van der Waals surface area contributed by atoms with Gasteiger partial charge in [0, 0.05) is 18.3 Å². The van der Waals surface area contributed by atoms with Crippen molar-refractivity contribution >= 4 is 22.6 Å². The Morgan fingerprint density at radius 1 is 1.04 bits per heavy atom. The summed E-state index contributed by atoms with van der Waals surface area (Å²) in [6, 6.07) is 9.72. The maximum atomic E-state index is 13.8. The monoisotopic (exact) mass is 405 g/mol. The molecule has 0 atom stereocenters. The summed E-state index contributed by atoms with van der Waals surface area (Å²) in [5, 5.41) is 9.09. The average molecular weight is 406 g/mol. The van der Waals surface area contributed by atoms with Crippen LogP contribution in [0.25, 0.3) is 22.4 Å².